The molecule has 0 nitrogen and oxygen atoms in total. The number of aryl methyl sites for hydroxylation is 2. The summed E-state index contributed by atoms with van der Waals surface area (Å²) in [6, 6.07) is 6.75. The van der Waals surface area contributed by atoms with E-state index in [4.69, 9.17) is 0 Å². The minimum absolute atomic E-state index is 0.410. The molecule has 0 atom stereocenters. The molecule has 0 aliphatic heterocycles. The molecule has 1 aromatic rings. The van der Waals surface area contributed by atoms with Gasteiger partial charge in [0.05, 0.1) is 0 Å². The first-order valence-corrected chi connectivity index (χ1v) is 8.99. The van der Waals surface area contributed by atoms with Gasteiger partial charge < -0.3 is 0 Å². The van der Waals surface area contributed by atoms with E-state index in [0.29, 0.717) is 5.41 Å². The first-order valence-electron chi connectivity index (χ1n) is 7.38. The molecule has 2 heteroatoms. The smallest absolute Gasteiger partial charge is 0.0104 e. The van der Waals surface area contributed by atoms with Crippen LogP contribution in [0.15, 0.2) is 23.1 Å². The summed E-state index contributed by atoms with van der Waals surface area (Å²) in [5, 5.41) is 0. The van der Waals surface area contributed by atoms with E-state index in [1.165, 1.54) is 47.5 Å². The van der Waals surface area contributed by atoms with Gasteiger partial charge in [-0.1, -0.05) is 44.4 Å². The second-order valence-corrected chi connectivity index (χ2v) is 7.05. The Hall–Kier alpha value is -0.0800. The highest BCUT2D eigenvalue weighted by Crippen LogP contribution is 2.38. The fraction of sp³-hybridized carbons (Fsp3) is 0.647. The normalized spacial score (nSPS) is 11.8. The molecule has 1 aromatic carbocycles. The molecule has 0 aliphatic rings. The molecule has 0 aliphatic carbocycles. The Morgan fingerprint density at radius 2 is 1.74 bits per heavy atom. The summed E-state index contributed by atoms with van der Waals surface area (Å²) in [6.45, 7) is 8.96. The molecule has 0 saturated heterocycles. The Balaban J connectivity index is 2.77. The van der Waals surface area contributed by atoms with Crippen LogP contribution in [0, 0.1) is 19.3 Å². The first-order chi connectivity index (χ1) is 9.06. The van der Waals surface area contributed by atoms with Crippen LogP contribution in [0.3, 0.4) is 0 Å². The molecule has 0 fully saturated rings. The van der Waals surface area contributed by atoms with Gasteiger partial charge in [0.2, 0.25) is 0 Å². The molecule has 0 radical (unpaired) electrons. The van der Waals surface area contributed by atoms with Gasteiger partial charge in [-0.2, -0.15) is 12.6 Å². The summed E-state index contributed by atoms with van der Waals surface area (Å²) < 4.78 is 0. The Bertz CT molecular complexity index is 379. The number of thiol groups is 1. The molecule has 0 N–H and O–H groups in total. The Morgan fingerprint density at radius 1 is 1.11 bits per heavy atom. The number of hydrogen-bond donors (Lipinski definition) is 1. The zero-order chi connectivity index (χ0) is 14.3. The van der Waals surface area contributed by atoms with Crippen molar-refractivity contribution in [1.29, 1.82) is 0 Å². The lowest BCUT2D eigenvalue weighted by atomic mass is 9.83. The molecular weight excluding hydrogens is 268 g/mol. The number of benzene rings is 1. The number of hydrogen-bond acceptors (Lipinski definition) is 2. The van der Waals surface area contributed by atoms with Crippen LogP contribution in [0.5, 0.6) is 0 Å². The van der Waals surface area contributed by atoms with Gasteiger partial charge in [0, 0.05) is 10.6 Å². The van der Waals surface area contributed by atoms with Crippen LogP contribution in [-0.4, -0.2) is 11.5 Å². The lowest BCUT2D eigenvalue weighted by Gasteiger charge is -2.32. The van der Waals surface area contributed by atoms with Crippen molar-refractivity contribution >= 4 is 24.4 Å². The largest absolute Gasteiger partial charge is 0.179 e. The topological polar surface area (TPSA) is 0 Å². The van der Waals surface area contributed by atoms with E-state index in [1.54, 1.807) is 0 Å². The van der Waals surface area contributed by atoms with Gasteiger partial charge >= 0.3 is 0 Å². The molecule has 0 saturated carbocycles. The third-order valence-electron chi connectivity index (χ3n) is 3.77. The number of thioether (sulfide) groups is 1. The van der Waals surface area contributed by atoms with Gasteiger partial charge in [-0.05, 0) is 49.5 Å². The van der Waals surface area contributed by atoms with Crippen LogP contribution in [-0.2, 0) is 0 Å². The third-order valence-corrected chi connectivity index (χ3v) is 5.95. The van der Waals surface area contributed by atoms with Crippen LogP contribution >= 0.6 is 24.4 Å². The SMILES string of the molecule is CCCC(CS)(CCC)CSc1cc(C)ccc1C. The predicted octanol–water partition coefficient (Wildman–Crippen LogP) is 5.91. The molecule has 0 spiro atoms. The Morgan fingerprint density at radius 3 is 2.26 bits per heavy atom. The van der Waals surface area contributed by atoms with Crippen LogP contribution < -0.4 is 0 Å². The first kappa shape index (κ1) is 17.0. The van der Waals surface area contributed by atoms with Crippen molar-refractivity contribution in [3.63, 3.8) is 0 Å². The zero-order valence-electron chi connectivity index (χ0n) is 12.8. The molecular formula is C17H28S2. The maximum absolute atomic E-state index is 4.65. The lowest BCUT2D eigenvalue weighted by molar-refractivity contribution is 0.318. The summed E-state index contributed by atoms with van der Waals surface area (Å²) in [6.07, 6.45) is 5.10. The van der Waals surface area contributed by atoms with Crippen molar-refractivity contribution in [3.8, 4) is 0 Å². The highest BCUT2D eigenvalue weighted by molar-refractivity contribution is 7.99. The predicted molar refractivity (Wildman–Crippen MR) is 92.7 cm³/mol. The highest BCUT2D eigenvalue weighted by Gasteiger charge is 2.27. The molecule has 0 bridgehead atoms. The van der Waals surface area contributed by atoms with Gasteiger partial charge in [-0.25, -0.2) is 0 Å². The monoisotopic (exact) mass is 296 g/mol. The molecule has 0 amide bonds. The summed E-state index contributed by atoms with van der Waals surface area (Å²) in [5.41, 5.74) is 3.17. The average molecular weight is 297 g/mol. The van der Waals surface area contributed by atoms with Gasteiger partial charge in [-0.3, -0.25) is 0 Å². The Labute approximate surface area is 129 Å². The van der Waals surface area contributed by atoms with E-state index in [-0.39, 0.29) is 0 Å². The maximum atomic E-state index is 4.65. The molecule has 0 aromatic heterocycles. The maximum Gasteiger partial charge on any atom is 0.0104 e. The molecule has 19 heavy (non-hydrogen) atoms. The second kappa shape index (κ2) is 8.26. The van der Waals surface area contributed by atoms with Crippen LogP contribution in [0.25, 0.3) is 0 Å². The van der Waals surface area contributed by atoms with E-state index < -0.39 is 0 Å². The third kappa shape index (κ3) is 5.07. The quantitative estimate of drug-likeness (QED) is 0.459. The minimum atomic E-state index is 0.410. The second-order valence-electron chi connectivity index (χ2n) is 5.72. The molecule has 0 heterocycles. The van der Waals surface area contributed by atoms with Crippen molar-refractivity contribution in [3.05, 3.63) is 29.3 Å². The van der Waals surface area contributed by atoms with Crippen molar-refractivity contribution < 1.29 is 0 Å². The minimum Gasteiger partial charge on any atom is -0.179 e. The summed E-state index contributed by atoms with van der Waals surface area (Å²) >= 11 is 6.67. The molecule has 108 valence electrons. The molecule has 1 rings (SSSR count). The van der Waals surface area contributed by atoms with Crippen molar-refractivity contribution in [2.75, 3.05) is 11.5 Å². The van der Waals surface area contributed by atoms with Crippen LogP contribution in [0.2, 0.25) is 0 Å². The molecule has 0 unspecified atom stereocenters. The zero-order valence-corrected chi connectivity index (χ0v) is 14.5. The van der Waals surface area contributed by atoms with E-state index in [0.717, 1.165) is 5.75 Å². The van der Waals surface area contributed by atoms with Gasteiger partial charge in [0.25, 0.3) is 0 Å². The van der Waals surface area contributed by atoms with Gasteiger partial charge in [-0.15, -0.1) is 11.8 Å². The standard InChI is InChI=1S/C17H28S2/c1-5-9-17(12-18,10-6-2)13-19-16-11-14(3)7-8-15(16)4/h7-8,11,18H,5-6,9-10,12-13H2,1-4H3. The van der Waals surface area contributed by atoms with Crippen LogP contribution in [0.1, 0.15) is 50.7 Å². The summed E-state index contributed by atoms with van der Waals surface area (Å²) in [5.74, 6) is 2.20. The van der Waals surface area contributed by atoms with Crippen molar-refractivity contribution in [2.24, 2.45) is 5.41 Å². The number of rotatable bonds is 8. The van der Waals surface area contributed by atoms with Crippen LogP contribution in [0.4, 0.5) is 0 Å². The lowest BCUT2D eigenvalue weighted by Crippen LogP contribution is -2.26. The average Bonchev–Trinajstić information content (AvgIpc) is 2.40. The Kier molecular flexibility index (Phi) is 7.38. The highest BCUT2D eigenvalue weighted by atomic mass is 32.2. The summed E-state index contributed by atoms with van der Waals surface area (Å²) in [4.78, 5) is 1.44. The van der Waals surface area contributed by atoms with E-state index >= 15 is 0 Å². The van der Waals surface area contributed by atoms with E-state index in [9.17, 15) is 0 Å². The van der Waals surface area contributed by atoms with Crippen molar-refractivity contribution in [2.45, 2.75) is 58.3 Å². The van der Waals surface area contributed by atoms with E-state index in [2.05, 4.69) is 58.5 Å². The van der Waals surface area contributed by atoms with Gasteiger partial charge in [0.1, 0.15) is 0 Å². The van der Waals surface area contributed by atoms with Gasteiger partial charge in [0.15, 0.2) is 0 Å². The van der Waals surface area contributed by atoms with E-state index in [1.807, 2.05) is 11.8 Å². The van der Waals surface area contributed by atoms with Crippen molar-refractivity contribution in [1.82, 2.24) is 0 Å². The summed E-state index contributed by atoms with van der Waals surface area (Å²) in [7, 11) is 0. The fourth-order valence-corrected chi connectivity index (χ4v) is 4.62. The fourth-order valence-electron chi connectivity index (χ4n) is 2.63.